The molecule has 0 saturated carbocycles. The van der Waals surface area contributed by atoms with Gasteiger partial charge in [-0.15, -0.1) is 0 Å². The molecule has 50 heavy (non-hydrogen) atoms. The molecular formula is C42H50N6O2. The summed E-state index contributed by atoms with van der Waals surface area (Å²) in [5, 5.41) is 2.33. The van der Waals surface area contributed by atoms with Gasteiger partial charge in [-0.25, -0.2) is 9.97 Å². The highest BCUT2D eigenvalue weighted by Gasteiger charge is 2.36. The van der Waals surface area contributed by atoms with E-state index in [0.29, 0.717) is 11.8 Å². The summed E-state index contributed by atoms with van der Waals surface area (Å²) in [4.78, 5) is 47.1. The van der Waals surface area contributed by atoms with Gasteiger partial charge in [-0.1, -0.05) is 84.0 Å². The van der Waals surface area contributed by atoms with Gasteiger partial charge in [0.2, 0.25) is 11.8 Å². The van der Waals surface area contributed by atoms with Crippen LogP contribution in [0, 0.1) is 23.7 Å². The largest absolute Gasteiger partial charge is 0.340 e. The van der Waals surface area contributed by atoms with E-state index in [9.17, 15) is 9.59 Å². The number of hydrogen-bond donors (Lipinski definition) is 2. The maximum absolute atomic E-state index is 13.2. The average molecular weight is 671 g/mol. The molecular weight excluding hydrogens is 621 g/mol. The first kappa shape index (κ1) is 33.8. The zero-order valence-electron chi connectivity index (χ0n) is 30.2. The van der Waals surface area contributed by atoms with Crippen LogP contribution in [0.25, 0.3) is 45.2 Å². The Labute approximate surface area is 295 Å². The molecule has 8 heteroatoms. The smallest absolute Gasteiger partial charge is 0.226 e. The Morgan fingerprint density at radius 1 is 0.720 bits per heavy atom. The molecule has 2 aromatic heterocycles. The van der Waals surface area contributed by atoms with Crippen LogP contribution in [0.1, 0.15) is 102 Å². The van der Waals surface area contributed by atoms with Crippen molar-refractivity contribution in [1.82, 2.24) is 29.7 Å². The fraction of sp³-hybridized carbons (Fsp3) is 0.429. The maximum atomic E-state index is 13.2. The zero-order chi connectivity index (χ0) is 35.1. The van der Waals surface area contributed by atoms with E-state index >= 15 is 0 Å². The van der Waals surface area contributed by atoms with Crippen LogP contribution in [-0.4, -0.2) is 54.6 Å². The summed E-state index contributed by atoms with van der Waals surface area (Å²) in [6, 6.07) is 19.3. The minimum Gasteiger partial charge on any atom is -0.340 e. The van der Waals surface area contributed by atoms with E-state index in [1.807, 2.05) is 29.8 Å². The number of nitrogens with one attached hydrogen (secondary N) is 2. The minimum atomic E-state index is 0.00365. The van der Waals surface area contributed by atoms with Crippen LogP contribution in [0.5, 0.6) is 0 Å². The molecule has 2 N–H and O–H groups in total. The maximum Gasteiger partial charge on any atom is 0.226 e. The van der Waals surface area contributed by atoms with Gasteiger partial charge in [0.25, 0.3) is 0 Å². The number of fused-ring (bicyclic) bond motifs is 2. The van der Waals surface area contributed by atoms with Crippen molar-refractivity contribution in [3.05, 3.63) is 83.6 Å². The van der Waals surface area contributed by atoms with Gasteiger partial charge in [0.15, 0.2) is 0 Å². The summed E-state index contributed by atoms with van der Waals surface area (Å²) >= 11 is 0. The summed E-state index contributed by atoms with van der Waals surface area (Å²) < 4.78 is 0. The summed E-state index contributed by atoms with van der Waals surface area (Å²) in [7, 11) is 0. The van der Waals surface area contributed by atoms with Crippen molar-refractivity contribution >= 4 is 45.8 Å². The number of imidazole rings is 2. The molecule has 0 spiro atoms. The molecule has 8 nitrogen and oxygen atoms in total. The lowest BCUT2D eigenvalue weighted by Crippen LogP contribution is -2.36. The predicted octanol–water partition coefficient (Wildman–Crippen LogP) is 9.19. The van der Waals surface area contributed by atoms with E-state index in [1.54, 1.807) is 0 Å². The molecule has 0 aliphatic carbocycles. The van der Waals surface area contributed by atoms with Gasteiger partial charge in [-0.2, -0.15) is 0 Å². The minimum absolute atomic E-state index is 0.00365. The van der Waals surface area contributed by atoms with Gasteiger partial charge in [0, 0.05) is 30.5 Å². The Morgan fingerprint density at radius 3 is 1.96 bits per heavy atom. The third-order valence-electron chi connectivity index (χ3n) is 11.2. The van der Waals surface area contributed by atoms with Crippen molar-refractivity contribution in [2.75, 3.05) is 13.1 Å². The molecule has 0 unspecified atom stereocenters. The summed E-state index contributed by atoms with van der Waals surface area (Å²) in [5.41, 5.74) is 6.18. The van der Waals surface area contributed by atoms with Gasteiger partial charge in [-0.3, -0.25) is 9.59 Å². The van der Waals surface area contributed by atoms with Crippen LogP contribution in [0.4, 0.5) is 0 Å². The molecule has 4 heterocycles. The molecule has 5 aromatic rings. The molecule has 2 aliphatic rings. The van der Waals surface area contributed by atoms with Crippen molar-refractivity contribution in [2.45, 2.75) is 79.3 Å². The normalized spacial score (nSPS) is 19.5. The standard InChI is InChI=1S/C42H50N6O2/c1-25(2)27(5)41(49)47-19-7-9-37(47)39-43-24-36(46-39)33-17-16-31-21-29(13-15-32(31)23-33)11-12-30-14-18-34-35(22-30)45-40(44-34)38-10-8-20-48(38)42(50)28(6)26(3)4/h11-18,21-28,37-38H,7-10,19-20H2,1-6H3,(H,43,46)(H,44,45)/b12-11+/t27-,28-,37-,38-/m0/s1. The van der Waals surface area contributed by atoms with Crippen molar-refractivity contribution in [3.8, 4) is 11.3 Å². The van der Waals surface area contributed by atoms with Gasteiger partial charge in [0.05, 0.1) is 35.0 Å². The van der Waals surface area contributed by atoms with Gasteiger partial charge >= 0.3 is 0 Å². The lowest BCUT2D eigenvalue weighted by Gasteiger charge is -2.27. The quantitative estimate of drug-likeness (QED) is 0.153. The topological polar surface area (TPSA) is 98.0 Å². The highest BCUT2D eigenvalue weighted by Crippen LogP contribution is 2.35. The van der Waals surface area contributed by atoms with Crippen molar-refractivity contribution in [2.24, 2.45) is 23.7 Å². The van der Waals surface area contributed by atoms with Crippen molar-refractivity contribution < 1.29 is 9.59 Å². The van der Waals surface area contributed by atoms with Gasteiger partial charge in [0.1, 0.15) is 11.6 Å². The number of nitrogens with zero attached hydrogens (tertiary/aromatic N) is 4. The predicted molar refractivity (Wildman–Crippen MR) is 202 cm³/mol. The number of H-pyrrole nitrogens is 2. The second-order valence-corrected chi connectivity index (χ2v) is 15.2. The first-order valence-electron chi connectivity index (χ1n) is 18.4. The lowest BCUT2D eigenvalue weighted by atomic mass is 9.96. The molecule has 2 aliphatic heterocycles. The molecule has 2 saturated heterocycles. The van der Waals surface area contributed by atoms with Gasteiger partial charge < -0.3 is 19.8 Å². The number of carbonyl (C=O) groups is 2. The second kappa shape index (κ2) is 13.9. The molecule has 2 amide bonds. The summed E-state index contributed by atoms with van der Waals surface area (Å²) in [6.45, 7) is 14.1. The molecule has 2 fully saturated rings. The number of aromatic nitrogens is 4. The summed E-state index contributed by atoms with van der Waals surface area (Å²) in [5.74, 6) is 2.85. The van der Waals surface area contributed by atoms with Crippen LogP contribution in [-0.2, 0) is 9.59 Å². The molecule has 4 atom stereocenters. The average Bonchev–Trinajstić information content (AvgIpc) is 3.94. The number of likely N-dealkylation sites (tertiary alicyclic amines) is 2. The van der Waals surface area contributed by atoms with E-state index in [4.69, 9.17) is 9.97 Å². The number of amides is 2. The Morgan fingerprint density at radius 2 is 1.30 bits per heavy atom. The molecule has 0 bridgehead atoms. The third-order valence-corrected chi connectivity index (χ3v) is 11.2. The van der Waals surface area contributed by atoms with Crippen LogP contribution >= 0.6 is 0 Å². The molecule has 260 valence electrons. The Hall–Kier alpha value is -4.72. The first-order valence-corrected chi connectivity index (χ1v) is 18.4. The third kappa shape index (κ3) is 6.60. The van der Waals surface area contributed by atoms with Crippen LogP contribution in [0.2, 0.25) is 0 Å². The lowest BCUT2D eigenvalue weighted by molar-refractivity contribution is -0.138. The molecule has 0 radical (unpaired) electrons. The van der Waals surface area contributed by atoms with Crippen molar-refractivity contribution in [3.63, 3.8) is 0 Å². The highest BCUT2D eigenvalue weighted by molar-refractivity contribution is 5.90. The van der Waals surface area contributed by atoms with E-state index in [2.05, 4.69) is 104 Å². The number of carbonyl (C=O) groups excluding carboxylic acids is 2. The number of aromatic amines is 2. The Bertz CT molecular complexity index is 2050. The SMILES string of the molecule is CC(C)[C@H](C)C(=O)N1CCC[C@H]1c1ncc(-c2ccc3cc(/C=C/c4ccc5nc([C@@H]6CCCN6C(=O)[C@@H](C)C(C)C)[nH]c5c4)ccc3c2)[nH]1. The second-order valence-electron chi connectivity index (χ2n) is 15.2. The fourth-order valence-electron chi connectivity index (χ4n) is 7.41. The highest BCUT2D eigenvalue weighted by atomic mass is 16.2. The van der Waals surface area contributed by atoms with Crippen LogP contribution in [0.15, 0.2) is 60.8 Å². The van der Waals surface area contributed by atoms with E-state index in [-0.39, 0.29) is 35.7 Å². The Balaban J connectivity index is 1.04. The number of hydrogen-bond acceptors (Lipinski definition) is 4. The molecule has 7 rings (SSSR count). The molecule has 3 aromatic carbocycles. The monoisotopic (exact) mass is 670 g/mol. The van der Waals surface area contributed by atoms with Crippen LogP contribution in [0.3, 0.4) is 0 Å². The van der Waals surface area contributed by atoms with Gasteiger partial charge in [-0.05, 0) is 83.7 Å². The van der Waals surface area contributed by atoms with E-state index < -0.39 is 0 Å². The zero-order valence-corrected chi connectivity index (χ0v) is 30.2. The number of benzene rings is 3. The Kier molecular flexibility index (Phi) is 9.38. The number of rotatable bonds is 9. The van der Waals surface area contributed by atoms with E-state index in [0.717, 1.165) is 89.2 Å². The van der Waals surface area contributed by atoms with Crippen LogP contribution < -0.4 is 0 Å². The first-order chi connectivity index (χ1) is 24.1. The summed E-state index contributed by atoms with van der Waals surface area (Å²) in [6.07, 6.45) is 10.1. The van der Waals surface area contributed by atoms with Crippen molar-refractivity contribution in [1.29, 1.82) is 0 Å². The fourth-order valence-corrected chi connectivity index (χ4v) is 7.41. The van der Waals surface area contributed by atoms with E-state index in [1.165, 1.54) is 5.39 Å².